The van der Waals surface area contributed by atoms with E-state index in [1.165, 1.54) is 0 Å². The number of halogens is 1. The summed E-state index contributed by atoms with van der Waals surface area (Å²) in [7, 11) is 0. The van der Waals surface area contributed by atoms with Crippen LogP contribution in [0.1, 0.15) is 51.0 Å². The Labute approximate surface area is 178 Å². The van der Waals surface area contributed by atoms with Crippen LogP contribution in [0.15, 0.2) is 49.6 Å². The molecule has 1 fully saturated rings. The standard InChI is InChI=1S/C23H31ClN2O3/c1-4-12-23(29,13-5-2)17(3)25-20(27)10-14-22(15-11-21(28)26-22)16-18-6-8-19(24)9-7-18/h4-9,17,29H,1-2,10-16H2,3H3,(H,25,27)(H,26,28). The van der Waals surface area contributed by atoms with Crippen LogP contribution in [0.25, 0.3) is 0 Å². The molecule has 1 aromatic carbocycles. The van der Waals surface area contributed by atoms with E-state index < -0.39 is 17.2 Å². The Morgan fingerprint density at radius 1 is 1.34 bits per heavy atom. The molecule has 0 saturated carbocycles. The van der Waals surface area contributed by atoms with Crippen molar-refractivity contribution < 1.29 is 14.7 Å². The third kappa shape index (κ3) is 6.44. The Balaban J connectivity index is 2.00. The predicted octanol–water partition coefficient (Wildman–Crippen LogP) is 3.70. The predicted molar refractivity (Wildman–Crippen MR) is 117 cm³/mol. The topological polar surface area (TPSA) is 78.4 Å². The lowest BCUT2D eigenvalue weighted by molar-refractivity contribution is -0.125. The third-order valence-electron chi connectivity index (χ3n) is 5.70. The summed E-state index contributed by atoms with van der Waals surface area (Å²) in [6.45, 7) is 9.15. The SMILES string of the molecule is C=CCC(O)(CC=C)C(C)NC(=O)CCC1(Cc2ccc(Cl)cc2)CCC(=O)N1. The summed E-state index contributed by atoms with van der Waals surface area (Å²) >= 11 is 5.96. The first-order valence-electron chi connectivity index (χ1n) is 10.0. The van der Waals surface area contributed by atoms with Gasteiger partial charge in [0, 0.05) is 23.4 Å². The van der Waals surface area contributed by atoms with Gasteiger partial charge in [-0.25, -0.2) is 0 Å². The molecule has 0 aromatic heterocycles. The Morgan fingerprint density at radius 3 is 2.48 bits per heavy atom. The van der Waals surface area contributed by atoms with Crippen molar-refractivity contribution in [2.75, 3.05) is 0 Å². The van der Waals surface area contributed by atoms with Gasteiger partial charge in [-0.05, 0) is 56.7 Å². The van der Waals surface area contributed by atoms with Gasteiger partial charge in [0.15, 0.2) is 0 Å². The Bertz CT molecular complexity index is 737. The molecule has 2 rings (SSSR count). The Morgan fingerprint density at radius 2 is 1.97 bits per heavy atom. The monoisotopic (exact) mass is 418 g/mol. The molecular formula is C23H31ClN2O3. The minimum absolute atomic E-state index is 0.0130. The zero-order valence-electron chi connectivity index (χ0n) is 17.0. The van der Waals surface area contributed by atoms with E-state index in [1.54, 1.807) is 19.1 Å². The second-order valence-corrected chi connectivity index (χ2v) is 8.45. The molecular weight excluding hydrogens is 388 g/mol. The summed E-state index contributed by atoms with van der Waals surface area (Å²) in [6, 6.07) is 7.10. The highest BCUT2D eigenvalue weighted by Gasteiger charge is 2.38. The number of benzene rings is 1. The zero-order chi connectivity index (χ0) is 21.5. The van der Waals surface area contributed by atoms with Crippen LogP contribution < -0.4 is 10.6 Å². The largest absolute Gasteiger partial charge is 0.387 e. The first kappa shape index (κ1) is 23.2. The van der Waals surface area contributed by atoms with Crippen molar-refractivity contribution in [1.29, 1.82) is 0 Å². The summed E-state index contributed by atoms with van der Waals surface area (Å²) in [6.07, 6.45) is 6.59. The molecule has 3 N–H and O–H groups in total. The highest BCUT2D eigenvalue weighted by molar-refractivity contribution is 6.30. The van der Waals surface area contributed by atoms with Crippen LogP contribution in [0.3, 0.4) is 0 Å². The molecule has 0 radical (unpaired) electrons. The van der Waals surface area contributed by atoms with Crippen molar-refractivity contribution >= 4 is 23.4 Å². The molecule has 5 nitrogen and oxygen atoms in total. The summed E-state index contributed by atoms with van der Waals surface area (Å²) in [5, 5.41) is 17.4. The van der Waals surface area contributed by atoms with Crippen molar-refractivity contribution in [2.45, 2.75) is 69.1 Å². The molecule has 1 aliphatic heterocycles. The van der Waals surface area contributed by atoms with Crippen LogP contribution in [-0.4, -0.2) is 34.1 Å². The fraction of sp³-hybridized carbons (Fsp3) is 0.478. The number of rotatable bonds is 11. The van der Waals surface area contributed by atoms with Crippen molar-refractivity contribution in [2.24, 2.45) is 0 Å². The number of nitrogens with one attached hydrogen (secondary N) is 2. The van der Waals surface area contributed by atoms with E-state index >= 15 is 0 Å². The van der Waals surface area contributed by atoms with E-state index in [9.17, 15) is 14.7 Å². The fourth-order valence-corrected chi connectivity index (χ4v) is 4.04. The molecule has 1 aliphatic rings. The van der Waals surface area contributed by atoms with Crippen molar-refractivity contribution in [3.63, 3.8) is 0 Å². The number of hydrogen-bond donors (Lipinski definition) is 3. The number of aliphatic hydroxyl groups is 1. The minimum atomic E-state index is -1.11. The lowest BCUT2D eigenvalue weighted by Crippen LogP contribution is -2.51. The summed E-state index contributed by atoms with van der Waals surface area (Å²) < 4.78 is 0. The Kier molecular flexibility index (Phi) is 8.05. The molecule has 0 aliphatic carbocycles. The van der Waals surface area contributed by atoms with E-state index in [4.69, 9.17) is 11.6 Å². The fourth-order valence-electron chi connectivity index (χ4n) is 3.91. The maximum Gasteiger partial charge on any atom is 0.220 e. The first-order chi connectivity index (χ1) is 13.7. The maximum atomic E-state index is 12.6. The number of carbonyl (C=O) groups is 2. The quantitative estimate of drug-likeness (QED) is 0.479. The second-order valence-electron chi connectivity index (χ2n) is 8.01. The molecule has 0 spiro atoms. The number of carbonyl (C=O) groups excluding carboxylic acids is 2. The van der Waals surface area contributed by atoms with Crippen LogP contribution in [-0.2, 0) is 16.0 Å². The molecule has 1 saturated heterocycles. The molecule has 2 amide bonds. The molecule has 1 heterocycles. The number of hydrogen-bond acceptors (Lipinski definition) is 3. The van der Waals surface area contributed by atoms with Crippen LogP contribution in [0, 0.1) is 0 Å². The normalized spacial score (nSPS) is 20.0. The van der Waals surface area contributed by atoms with Crippen molar-refractivity contribution in [3.8, 4) is 0 Å². The van der Waals surface area contributed by atoms with Gasteiger partial charge in [0.05, 0.1) is 11.6 Å². The van der Waals surface area contributed by atoms with E-state index in [0.29, 0.717) is 43.5 Å². The van der Waals surface area contributed by atoms with Gasteiger partial charge in [0.1, 0.15) is 0 Å². The van der Waals surface area contributed by atoms with Gasteiger partial charge in [-0.2, -0.15) is 0 Å². The van der Waals surface area contributed by atoms with Crippen LogP contribution in [0.2, 0.25) is 5.02 Å². The van der Waals surface area contributed by atoms with E-state index in [0.717, 1.165) is 5.56 Å². The van der Waals surface area contributed by atoms with Crippen LogP contribution in [0.5, 0.6) is 0 Å². The molecule has 158 valence electrons. The van der Waals surface area contributed by atoms with Crippen molar-refractivity contribution in [1.82, 2.24) is 10.6 Å². The van der Waals surface area contributed by atoms with Crippen molar-refractivity contribution in [3.05, 3.63) is 60.2 Å². The maximum absolute atomic E-state index is 12.6. The van der Waals surface area contributed by atoms with Gasteiger partial charge in [0.25, 0.3) is 0 Å². The van der Waals surface area contributed by atoms with Gasteiger partial charge < -0.3 is 15.7 Å². The highest BCUT2D eigenvalue weighted by atomic mass is 35.5. The van der Waals surface area contributed by atoms with E-state index in [2.05, 4.69) is 23.8 Å². The zero-order valence-corrected chi connectivity index (χ0v) is 17.8. The highest BCUT2D eigenvalue weighted by Crippen LogP contribution is 2.30. The summed E-state index contributed by atoms with van der Waals surface area (Å²) in [4.78, 5) is 24.5. The molecule has 1 aromatic rings. The molecule has 29 heavy (non-hydrogen) atoms. The molecule has 2 unspecified atom stereocenters. The van der Waals surface area contributed by atoms with Gasteiger partial charge in [-0.15, -0.1) is 13.2 Å². The van der Waals surface area contributed by atoms with Crippen LogP contribution >= 0.6 is 11.6 Å². The summed E-state index contributed by atoms with van der Waals surface area (Å²) in [5.74, 6) is -0.139. The van der Waals surface area contributed by atoms with Gasteiger partial charge >= 0.3 is 0 Å². The molecule has 6 heteroatoms. The van der Waals surface area contributed by atoms with E-state index in [1.807, 2.05) is 24.3 Å². The lowest BCUT2D eigenvalue weighted by Gasteiger charge is -2.34. The second kappa shape index (κ2) is 10.1. The Hall–Kier alpha value is -2.11. The third-order valence-corrected chi connectivity index (χ3v) is 5.95. The lowest BCUT2D eigenvalue weighted by atomic mass is 9.84. The van der Waals surface area contributed by atoms with Crippen LogP contribution in [0.4, 0.5) is 0 Å². The average molecular weight is 419 g/mol. The minimum Gasteiger partial charge on any atom is -0.387 e. The number of amides is 2. The molecule has 2 atom stereocenters. The summed E-state index contributed by atoms with van der Waals surface area (Å²) in [5.41, 5.74) is -0.483. The first-order valence-corrected chi connectivity index (χ1v) is 10.4. The van der Waals surface area contributed by atoms with Gasteiger partial charge in [0.2, 0.25) is 11.8 Å². The van der Waals surface area contributed by atoms with Gasteiger partial charge in [-0.3, -0.25) is 9.59 Å². The van der Waals surface area contributed by atoms with E-state index in [-0.39, 0.29) is 18.2 Å². The smallest absolute Gasteiger partial charge is 0.220 e. The average Bonchev–Trinajstić information content (AvgIpc) is 3.03. The van der Waals surface area contributed by atoms with Gasteiger partial charge in [-0.1, -0.05) is 35.9 Å². The molecule has 0 bridgehead atoms.